The summed E-state index contributed by atoms with van der Waals surface area (Å²) in [4.78, 5) is 22.0. The third-order valence-electron chi connectivity index (χ3n) is 3.53. The van der Waals surface area contributed by atoms with Crippen LogP contribution < -0.4 is 10.6 Å². The van der Waals surface area contributed by atoms with Gasteiger partial charge in [-0.1, -0.05) is 12.1 Å². The van der Waals surface area contributed by atoms with E-state index in [-0.39, 0.29) is 6.10 Å². The van der Waals surface area contributed by atoms with Gasteiger partial charge < -0.3 is 15.7 Å². The Kier molecular flexibility index (Phi) is 3.53. The number of anilines is 1. The van der Waals surface area contributed by atoms with Gasteiger partial charge in [0.1, 0.15) is 5.82 Å². The van der Waals surface area contributed by atoms with Crippen molar-refractivity contribution >= 4 is 11.7 Å². The van der Waals surface area contributed by atoms with E-state index in [0.29, 0.717) is 17.9 Å². The van der Waals surface area contributed by atoms with Crippen LogP contribution in [0.3, 0.4) is 0 Å². The SMILES string of the molecule is NC(=O)c1cccc(-c2nccc(N3CC[C@@H](O)C3)n2)c1. The third kappa shape index (κ3) is 2.85. The van der Waals surface area contributed by atoms with Gasteiger partial charge in [-0.25, -0.2) is 9.97 Å². The van der Waals surface area contributed by atoms with Gasteiger partial charge in [0.25, 0.3) is 0 Å². The monoisotopic (exact) mass is 284 g/mol. The van der Waals surface area contributed by atoms with Crippen LogP contribution in [0.2, 0.25) is 0 Å². The summed E-state index contributed by atoms with van der Waals surface area (Å²) in [5.74, 6) is 0.841. The van der Waals surface area contributed by atoms with E-state index < -0.39 is 5.91 Å². The fraction of sp³-hybridized carbons (Fsp3) is 0.267. The zero-order valence-electron chi connectivity index (χ0n) is 11.4. The summed E-state index contributed by atoms with van der Waals surface area (Å²) in [5, 5.41) is 9.61. The quantitative estimate of drug-likeness (QED) is 0.870. The topological polar surface area (TPSA) is 92.3 Å². The van der Waals surface area contributed by atoms with Crippen LogP contribution in [0, 0.1) is 0 Å². The van der Waals surface area contributed by atoms with Crippen LogP contribution in [0.5, 0.6) is 0 Å². The first-order valence-electron chi connectivity index (χ1n) is 6.80. The van der Waals surface area contributed by atoms with E-state index in [1.165, 1.54) is 0 Å². The molecule has 3 N–H and O–H groups in total. The Balaban J connectivity index is 1.92. The molecule has 1 aromatic carbocycles. The molecule has 6 heteroatoms. The number of nitrogens with two attached hydrogens (primary N) is 1. The predicted molar refractivity (Wildman–Crippen MR) is 78.8 cm³/mol. The largest absolute Gasteiger partial charge is 0.391 e. The standard InChI is InChI=1S/C15H16N4O2/c16-14(21)10-2-1-3-11(8-10)15-17-6-4-13(18-15)19-7-5-12(20)9-19/h1-4,6,8,12,20H,5,7,9H2,(H2,16,21)/t12-/m1/s1. The molecule has 1 saturated heterocycles. The number of hydrogen-bond acceptors (Lipinski definition) is 5. The van der Waals surface area contributed by atoms with Crippen molar-refractivity contribution < 1.29 is 9.90 Å². The van der Waals surface area contributed by atoms with E-state index in [4.69, 9.17) is 5.73 Å². The maximum Gasteiger partial charge on any atom is 0.248 e. The van der Waals surface area contributed by atoms with Crippen LogP contribution in [-0.4, -0.2) is 40.2 Å². The maximum atomic E-state index is 11.2. The lowest BCUT2D eigenvalue weighted by molar-refractivity contribution is 0.100. The van der Waals surface area contributed by atoms with Crippen LogP contribution >= 0.6 is 0 Å². The number of aromatic nitrogens is 2. The molecule has 1 atom stereocenters. The van der Waals surface area contributed by atoms with Crippen molar-refractivity contribution in [1.29, 1.82) is 0 Å². The molecule has 2 aromatic rings. The molecule has 2 heterocycles. The van der Waals surface area contributed by atoms with E-state index in [0.717, 1.165) is 24.3 Å². The molecule has 0 saturated carbocycles. The number of carbonyl (C=O) groups is 1. The number of aliphatic hydroxyl groups is 1. The van der Waals surface area contributed by atoms with Gasteiger partial charge in [0.15, 0.2) is 5.82 Å². The number of carbonyl (C=O) groups excluding carboxylic acids is 1. The molecular weight excluding hydrogens is 268 g/mol. The zero-order chi connectivity index (χ0) is 14.8. The Morgan fingerprint density at radius 2 is 2.24 bits per heavy atom. The summed E-state index contributed by atoms with van der Waals surface area (Å²) < 4.78 is 0. The Hall–Kier alpha value is -2.47. The van der Waals surface area contributed by atoms with Gasteiger partial charge in [-0.05, 0) is 24.6 Å². The van der Waals surface area contributed by atoms with Crippen LogP contribution in [0.4, 0.5) is 5.82 Å². The summed E-state index contributed by atoms with van der Waals surface area (Å²) in [6.07, 6.45) is 2.12. The minimum absolute atomic E-state index is 0.304. The highest BCUT2D eigenvalue weighted by molar-refractivity contribution is 5.93. The van der Waals surface area contributed by atoms with Crippen molar-refractivity contribution in [2.45, 2.75) is 12.5 Å². The summed E-state index contributed by atoms with van der Waals surface area (Å²) in [5.41, 5.74) is 6.46. The average Bonchev–Trinajstić information content (AvgIpc) is 2.94. The molecule has 0 bridgehead atoms. The number of nitrogens with zero attached hydrogens (tertiary/aromatic N) is 3. The van der Waals surface area contributed by atoms with Gasteiger partial charge in [0.2, 0.25) is 5.91 Å². The van der Waals surface area contributed by atoms with Crippen molar-refractivity contribution in [1.82, 2.24) is 9.97 Å². The highest BCUT2D eigenvalue weighted by Gasteiger charge is 2.21. The fourth-order valence-electron chi connectivity index (χ4n) is 2.43. The Labute approximate surface area is 122 Å². The average molecular weight is 284 g/mol. The number of β-amino-alcohol motifs (C(OH)–C–C–N with tert-alkyl or cyclic N) is 1. The Morgan fingerprint density at radius 3 is 2.95 bits per heavy atom. The molecule has 1 amide bonds. The summed E-state index contributed by atoms with van der Waals surface area (Å²) >= 11 is 0. The molecule has 0 radical (unpaired) electrons. The zero-order valence-corrected chi connectivity index (χ0v) is 11.4. The van der Waals surface area contributed by atoms with Crippen molar-refractivity contribution in [2.75, 3.05) is 18.0 Å². The summed E-state index contributed by atoms with van der Waals surface area (Å²) in [7, 11) is 0. The molecule has 0 spiro atoms. The number of primary amides is 1. The number of rotatable bonds is 3. The molecule has 1 aromatic heterocycles. The van der Waals surface area contributed by atoms with E-state index in [9.17, 15) is 9.90 Å². The van der Waals surface area contributed by atoms with Gasteiger partial charge in [0, 0.05) is 30.4 Å². The summed E-state index contributed by atoms with van der Waals surface area (Å²) in [6, 6.07) is 8.75. The molecule has 3 rings (SSSR count). The van der Waals surface area contributed by atoms with Gasteiger partial charge in [-0.3, -0.25) is 4.79 Å². The molecule has 6 nitrogen and oxygen atoms in total. The van der Waals surface area contributed by atoms with E-state index >= 15 is 0 Å². The molecule has 21 heavy (non-hydrogen) atoms. The minimum atomic E-state index is -0.476. The van der Waals surface area contributed by atoms with Gasteiger partial charge >= 0.3 is 0 Å². The van der Waals surface area contributed by atoms with Crippen LogP contribution in [0.25, 0.3) is 11.4 Å². The van der Waals surface area contributed by atoms with Gasteiger partial charge in [-0.15, -0.1) is 0 Å². The molecule has 0 unspecified atom stereocenters. The van der Waals surface area contributed by atoms with Gasteiger partial charge in [0.05, 0.1) is 6.10 Å². The lowest BCUT2D eigenvalue weighted by Crippen LogP contribution is -2.22. The lowest BCUT2D eigenvalue weighted by Gasteiger charge is -2.16. The first kappa shape index (κ1) is 13.5. The second-order valence-electron chi connectivity index (χ2n) is 5.07. The first-order valence-corrected chi connectivity index (χ1v) is 6.80. The number of benzene rings is 1. The fourth-order valence-corrected chi connectivity index (χ4v) is 2.43. The normalized spacial score (nSPS) is 18.0. The maximum absolute atomic E-state index is 11.2. The summed E-state index contributed by atoms with van der Waals surface area (Å²) in [6.45, 7) is 1.36. The van der Waals surface area contributed by atoms with Crippen molar-refractivity contribution in [3.8, 4) is 11.4 Å². The highest BCUT2D eigenvalue weighted by Crippen LogP contribution is 2.22. The lowest BCUT2D eigenvalue weighted by atomic mass is 10.1. The van der Waals surface area contributed by atoms with Crippen LogP contribution in [-0.2, 0) is 0 Å². The molecule has 0 aliphatic carbocycles. The van der Waals surface area contributed by atoms with Gasteiger partial charge in [-0.2, -0.15) is 0 Å². The smallest absolute Gasteiger partial charge is 0.248 e. The molecule has 1 aliphatic rings. The minimum Gasteiger partial charge on any atom is -0.391 e. The molecule has 108 valence electrons. The Morgan fingerprint density at radius 1 is 1.38 bits per heavy atom. The molecule has 1 aliphatic heterocycles. The van der Waals surface area contributed by atoms with E-state index in [1.807, 2.05) is 17.0 Å². The van der Waals surface area contributed by atoms with Crippen molar-refractivity contribution in [3.05, 3.63) is 42.1 Å². The molecule has 1 fully saturated rings. The van der Waals surface area contributed by atoms with Crippen LogP contribution in [0.15, 0.2) is 36.5 Å². The van der Waals surface area contributed by atoms with E-state index in [1.54, 1.807) is 24.4 Å². The van der Waals surface area contributed by atoms with Crippen LogP contribution in [0.1, 0.15) is 16.8 Å². The van der Waals surface area contributed by atoms with Crippen molar-refractivity contribution in [2.24, 2.45) is 5.73 Å². The van der Waals surface area contributed by atoms with E-state index in [2.05, 4.69) is 9.97 Å². The molecular formula is C15H16N4O2. The Bertz CT molecular complexity index is 674. The number of amides is 1. The van der Waals surface area contributed by atoms with Crippen molar-refractivity contribution in [3.63, 3.8) is 0 Å². The second kappa shape index (κ2) is 5.49. The number of hydrogen-bond donors (Lipinski definition) is 2. The first-order chi connectivity index (χ1) is 10.1. The second-order valence-corrected chi connectivity index (χ2v) is 5.07. The number of aliphatic hydroxyl groups excluding tert-OH is 1. The third-order valence-corrected chi connectivity index (χ3v) is 3.53. The highest BCUT2D eigenvalue weighted by atomic mass is 16.3. The predicted octanol–water partition coefficient (Wildman–Crippen LogP) is 0.813.